The molecule has 1 saturated carbocycles. The fourth-order valence-corrected chi connectivity index (χ4v) is 5.78. The Morgan fingerprint density at radius 2 is 1.71 bits per heavy atom. The second-order valence-corrected chi connectivity index (χ2v) is 10.4. The third kappa shape index (κ3) is 5.48. The van der Waals surface area contributed by atoms with Crippen LogP contribution in [0.4, 0.5) is 0 Å². The van der Waals surface area contributed by atoms with Crippen LogP contribution in [-0.4, -0.2) is 29.4 Å². The molecule has 2 fully saturated rings. The molecule has 0 unspecified atom stereocenters. The molecule has 4 rings (SSSR count). The standard InChI is InChI=1S/C31H40O4/c1-5-31(6-2,25-10-9-24(22(3)19-25)15-18-30(33)16-7-8-17-30)26-11-13-28(23(4)20-26)34-21-27-12-14-29(32)35-27/h9-11,13,15,18-20,27,33H,5-8,12,14,16-17,21H2,1-4H3/b18-15+/t27-/m0/s1. The number of esters is 1. The van der Waals surface area contributed by atoms with Crippen LogP contribution in [0.5, 0.6) is 5.75 Å². The van der Waals surface area contributed by atoms with Crippen molar-refractivity contribution < 1.29 is 19.4 Å². The smallest absolute Gasteiger partial charge is 0.306 e. The summed E-state index contributed by atoms with van der Waals surface area (Å²) in [6.45, 7) is 9.17. The summed E-state index contributed by atoms with van der Waals surface area (Å²) in [6, 6.07) is 13.3. The van der Waals surface area contributed by atoms with E-state index >= 15 is 0 Å². The number of ether oxygens (including phenoxy) is 2. The molecule has 4 nitrogen and oxygen atoms in total. The minimum Gasteiger partial charge on any atom is -0.489 e. The number of hydrogen-bond donors (Lipinski definition) is 1. The number of aliphatic hydroxyl groups is 1. The molecule has 2 aromatic carbocycles. The Labute approximate surface area is 210 Å². The first-order chi connectivity index (χ1) is 16.8. The summed E-state index contributed by atoms with van der Waals surface area (Å²) < 4.78 is 11.3. The van der Waals surface area contributed by atoms with Crippen LogP contribution in [0.1, 0.15) is 93.0 Å². The van der Waals surface area contributed by atoms with Gasteiger partial charge < -0.3 is 14.6 Å². The second kappa shape index (κ2) is 10.6. The minimum absolute atomic E-state index is 0.0824. The highest BCUT2D eigenvalue weighted by Gasteiger charge is 2.32. The zero-order valence-electron chi connectivity index (χ0n) is 21.7. The highest BCUT2D eigenvalue weighted by molar-refractivity contribution is 5.71. The number of hydrogen-bond acceptors (Lipinski definition) is 4. The van der Waals surface area contributed by atoms with Gasteiger partial charge in [-0.25, -0.2) is 0 Å². The number of carbonyl (C=O) groups excluding carboxylic acids is 1. The van der Waals surface area contributed by atoms with Crippen LogP contribution in [-0.2, 0) is 14.9 Å². The molecule has 1 aliphatic heterocycles. The molecule has 2 aliphatic rings. The summed E-state index contributed by atoms with van der Waals surface area (Å²) in [7, 11) is 0. The van der Waals surface area contributed by atoms with Gasteiger partial charge in [0.25, 0.3) is 0 Å². The van der Waals surface area contributed by atoms with E-state index in [1.165, 1.54) is 22.3 Å². The highest BCUT2D eigenvalue weighted by atomic mass is 16.6. The summed E-state index contributed by atoms with van der Waals surface area (Å²) in [5.41, 5.74) is 5.39. The van der Waals surface area contributed by atoms with E-state index in [0.717, 1.165) is 56.3 Å². The van der Waals surface area contributed by atoms with Gasteiger partial charge in [0.1, 0.15) is 18.5 Å². The van der Waals surface area contributed by atoms with E-state index in [-0.39, 0.29) is 17.5 Å². The average molecular weight is 477 g/mol. The molecule has 0 spiro atoms. The van der Waals surface area contributed by atoms with Crippen molar-refractivity contribution in [1.29, 1.82) is 0 Å². The first-order valence-electron chi connectivity index (χ1n) is 13.2. The number of aryl methyl sites for hydroxylation is 2. The van der Waals surface area contributed by atoms with E-state index in [1.54, 1.807) is 0 Å². The molecule has 4 heteroatoms. The fourth-order valence-electron chi connectivity index (χ4n) is 5.78. The first-order valence-corrected chi connectivity index (χ1v) is 13.2. The summed E-state index contributed by atoms with van der Waals surface area (Å²) in [5, 5.41) is 10.7. The molecule has 1 atom stereocenters. The van der Waals surface area contributed by atoms with Crippen LogP contribution in [0.15, 0.2) is 42.5 Å². The third-order valence-electron chi connectivity index (χ3n) is 8.19. The van der Waals surface area contributed by atoms with Gasteiger partial charge in [-0.05, 0) is 79.8 Å². The molecule has 0 aromatic heterocycles. The molecule has 0 amide bonds. The fraction of sp³-hybridized carbons (Fsp3) is 0.516. The molecule has 1 heterocycles. The second-order valence-electron chi connectivity index (χ2n) is 10.4. The summed E-state index contributed by atoms with van der Waals surface area (Å²) in [4.78, 5) is 11.4. The van der Waals surface area contributed by atoms with E-state index < -0.39 is 5.60 Å². The normalized spacial score (nSPS) is 19.9. The first kappa shape index (κ1) is 25.5. The van der Waals surface area contributed by atoms with Gasteiger partial charge in [0.2, 0.25) is 0 Å². The Hall–Kier alpha value is -2.59. The zero-order valence-corrected chi connectivity index (χ0v) is 21.7. The lowest BCUT2D eigenvalue weighted by Gasteiger charge is -2.34. The summed E-state index contributed by atoms with van der Waals surface area (Å²) in [6.07, 6.45) is 11.1. The number of benzene rings is 2. The molecular weight excluding hydrogens is 436 g/mol. The van der Waals surface area contributed by atoms with Crippen molar-refractivity contribution in [1.82, 2.24) is 0 Å². The van der Waals surface area contributed by atoms with E-state index in [4.69, 9.17) is 9.47 Å². The van der Waals surface area contributed by atoms with Crippen molar-refractivity contribution in [3.05, 3.63) is 70.3 Å². The quantitative estimate of drug-likeness (QED) is 0.404. The monoisotopic (exact) mass is 476 g/mol. The Kier molecular flexibility index (Phi) is 7.70. The Morgan fingerprint density at radius 1 is 1.06 bits per heavy atom. The van der Waals surface area contributed by atoms with Gasteiger partial charge in [-0.2, -0.15) is 0 Å². The van der Waals surface area contributed by atoms with Gasteiger partial charge in [0.05, 0.1) is 5.60 Å². The Bertz CT molecular complexity index is 1070. The molecule has 35 heavy (non-hydrogen) atoms. The van der Waals surface area contributed by atoms with Crippen LogP contribution in [0.25, 0.3) is 6.08 Å². The lowest BCUT2D eigenvalue weighted by Crippen LogP contribution is -2.26. The van der Waals surface area contributed by atoms with Crippen LogP contribution in [0.3, 0.4) is 0 Å². The lowest BCUT2D eigenvalue weighted by molar-refractivity contribution is -0.142. The van der Waals surface area contributed by atoms with E-state index in [1.807, 2.05) is 6.08 Å². The molecule has 0 bridgehead atoms. The van der Waals surface area contributed by atoms with Crippen molar-refractivity contribution in [2.24, 2.45) is 0 Å². The minimum atomic E-state index is -0.636. The van der Waals surface area contributed by atoms with Gasteiger partial charge in [0, 0.05) is 11.8 Å². The third-order valence-corrected chi connectivity index (χ3v) is 8.19. The SMILES string of the molecule is CCC(CC)(c1ccc(/C=C/C2(O)CCCC2)c(C)c1)c1ccc(OC[C@@H]2CCC(=O)O2)c(C)c1. The predicted octanol–water partition coefficient (Wildman–Crippen LogP) is 6.81. The molecular formula is C31H40O4. The molecule has 1 aliphatic carbocycles. The predicted molar refractivity (Wildman–Crippen MR) is 141 cm³/mol. The van der Waals surface area contributed by atoms with Crippen molar-refractivity contribution in [3.8, 4) is 5.75 Å². The number of cyclic esters (lactones) is 1. The molecule has 1 saturated heterocycles. The number of carbonyl (C=O) groups is 1. The van der Waals surface area contributed by atoms with Crippen molar-refractivity contribution in [3.63, 3.8) is 0 Å². The summed E-state index contributed by atoms with van der Waals surface area (Å²) in [5.74, 6) is 0.715. The molecule has 1 N–H and O–H groups in total. The maximum absolute atomic E-state index is 11.4. The van der Waals surface area contributed by atoms with E-state index in [2.05, 4.69) is 70.2 Å². The molecule has 0 radical (unpaired) electrons. The van der Waals surface area contributed by atoms with E-state index in [9.17, 15) is 9.90 Å². The zero-order chi connectivity index (χ0) is 25.1. The van der Waals surface area contributed by atoms with E-state index in [0.29, 0.717) is 13.0 Å². The Morgan fingerprint density at radius 3 is 2.29 bits per heavy atom. The van der Waals surface area contributed by atoms with Crippen LogP contribution in [0, 0.1) is 13.8 Å². The molecule has 2 aromatic rings. The van der Waals surface area contributed by atoms with Crippen LogP contribution >= 0.6 is 0 Å². The average Bonchev–Trinajstić information content (AvgIpc) is 3.47. The molecule has 188 valence electrons. The maximum atomic E-state index is 11.4. The van der Waals surface area contributed by atoms with Crippen molar-refractivity contribution in [2.45, 2.75) is 96.2 Å². The van der Waals surface area contributed by atoms with Gasteiger partial charge in [-0.3, -0.25) is 4.79 Å². The topological polar surface area (TPSA) is 55.8 Å². The van der Waals surface area contributed by atoms with Crippen LogP contribution in [0.2, 0.25) is 0 Å². The van der Waals surface area contributed by atoms with Crippen molar-refractivity contribution >= 4 is 12.0 Å². The van der Waals surface area contributed by atoms with Gasteiger partial charge in [-0.1, -0.05) is 69.2 Å². The van der Waals surface area contributed by atoms with Gasteiger partial charge in [-0.15, -0.1) is 0 Å². The van der Waals surface area contributed by atoms with Crippen LogP contribution < -0.4 is 4.74 Å². The van der Waals surface area contributed by atoms with Crippen molar-refractivity contribution in [2.75, 3.05) is 6.61 Å². The summed E-state index contributed by atoms with van der Waals surface area (Å²) >= 11 is 0. The number of rotatable bonds is 9. The highest BCUT2D eigenvalue weighted by Crippen LogP contribution is 2.41. The van der Waals surface area contributed by atoms with Gasteiger partial charge >= 0.3 is 5.97 Å². The largest absolute Gasteiger partial charge is 0.489 e. The lowest BCUT2D eigenvalue weighted by atomic mass is 9.70. The maximum Gasteiger partial charge on any atom is 0.306 e. The Balaban J connectivity index is 1.55. The van der Waals surface area contributed by atoms with Gasteiger partial charge in [0.15, 0.2) is 0 Å².